The van der Waals surface area contributed by atoms with Crippen molar-refractivity contribution < 1.29 is 14.3 Å². The monoisotopic (exact) mass is 338 g/mol. The minimum absolute atomic E-state index is 0. The molecule has 0 unspecified atom stereocenters. The number of esters is 1. The summed E-state index contributed by atoms with van der Waals surface area (Å²) >= 11 is 0. The number of para-hydroxylation sites is 1. The highest BCUT2D eigenvalue weighted by Crippen LogP contribution is 2.31. The number of rotatable bonds is 7. The highest BCUT2D eigenvalue weighted by molar-refractivity contribution is 6.06. The average molecular weight is 339 g/mol. The number of ether oxygens (including phenoxy) is 2. The summed E-state index contributed by atoms with van der Waals surface area (Å²) in [5.41, 5.74) is 1.95. The number of aromatic nitrogens is 1. The summed E-state index contributed by atoms with van der Waals surface area (Å²) in [7, 11) is 1.61. The van der Waals surface area contributed by atoms with E-state index in [0.717, 1.165) is 36.0 Å². The van der Waals surface area contributed by atoms with Crippen LogP contribution in [-0.4, -0.2) is 31.2 Å². The number of fused-ring (bicyclic) bond motifs is 1. The lowest BCUT2D eigenvalue weighted by Crippen LogP contribution is -2.12. The number of carbonyl (C=O) groups is 1. The Hall–Kier alpha value is -2.01. The molecule has 0 spiro atoms. The Morgan fingerprint density at radius 3 is 2.74 bits per heavy atom. The summed E-state index contributed by atoms with van der Waals surface area (Å²) in [5, 5.41) is 4.21. The summed E-state index contributed by atoms with van der Waals surface area (Å²) < 4.78 is 10.5. The minimum atomic E-state index is -0.362. The molecule has 0 fully saturated rings. The van der Waals surface area contributed by atoms with Crippen LogP contribution >= 0.6 is 12.4 Å². The van der Waals surface area contributed by atoms with Crippen molar-refractivity contribution in [3.05, 3.63) is 30.0 Å². The van der Waals surface area contributed by atoms with E-state index in [-0.39, 0.29) is 18.4 Å². The van der Waals surface area contributed by atoms with Gasteiger partial charge in [-0.05, 0) is 19.4 Å². The molecule has 0 radical (unpaired) electrons. The van der Waals surface area contributed by atoms with Gasteiger partial charge in [0.25, 0.3) is 0 Å². The Kier molecular flexibility index (Phi) is 7.62. The summed E-state index contributed by atoms with van der Waals surface area (Å²) in [6.45, 7) is 5.05. The van der Waals surface area contributed by atoms with E-state index < -0.39 is 0 Å². The van der Waals surface area contributed by atoms with Crippen molar-refractivity contribution in [1.82, 2.24) is 4.98 Å². The first-order valence-electron chi connectivity index (χ1n) is 7.59. The van der Waals surface area contributed by atoms with Gasteiger partial charge in [-0.15, -0.1) is 12.4 Å². The molecule has 0 atom stereocenters. The summed E-state index contributed by atoms with van der Waals surface area (Å²) in [6, 6.07) is 5.68. The Bertz CT molecular complexity index is 662. The molecule has 2 rings (SSSR count). The van der Waals surface area contributed by atoms with Crippen LogP contribution in [0.5, 0.6) is 5.75 Å². The second-order valence-electron chi connectivity index (χ2n) is 4.90. The van der Waals surface area contributed by atoms with E-state index in [0.29, 0.717) is 17.9 Å². The molecular weight excluding hydrogens is 316 g/mol. The van der Waals surface area contributed by atoms with Crippen LogP contribution in [0.15, 0.2) is 24.4 Å². The van der Waals surface area contributed by atoms with Crippen molar-refractivity contribution in [2.24, 2.45) is 0 Å². The normalized spacial score (nSPS) is 10.0. The van der Waals surface area contributed by atoms with Gasteiger partial charge in [0.15, 0.2) is 0 Å². The molecule has 0 bridgehead atoms. The van der Waals surface area contributed by atoms with Crippen LogP contribution in [0.4, 0.5) is 5.69 Å². The highest BCUT2D eigenvalue weighted by Gasteiger charge is 2.17. The van der Waals surface area contributed by atoms with Crippen LogP contribution in [0.2, 0.25) is 0 Å². The van der Waals surface area contributed by atoms with E-state index in [4.69, 9.17) is 9.47 Å². The number of pyridine rings is 1. The molecule has 0 aliphatic rings. The molecule has 126 valence electrons. The van der Waals surface area contributed by atoms with E-state index in [2.05, 4.69) is 17.2 Å². The van der Waals surface area contributed by atoms with Gasteiger partial charge >= 0.3 is 5.97 Å². The number of nitrogens with zero attached hydrogens (tertiary/aromatic N) is 1. The maximum absolute atomic E-state index is 12.2. The lowest BCUT2D eigenvalue weighted by molar-refractivity contribution is 0.0527. The molecule has 5 nitrogen and oxygen atoms in total. The lowest BCUT2D eigenvalue weighted by atomic mass is 10.1. The van der Waals surface area contributed by atoms with Crippen LogP contribution in [0.25, 0.3) is 10.9 Å². The van der Waals surface area contributed by atoms with E-state index in [9.17, 15) is 4.79 Å². The smallest absolute Gasteiger partial charge is 0.341 e. The fraction of sp³-hybridized carbons (Fsp3) is 0.412. The summed E-state index contributed by atoms with van der Waals surface area (Å²) in [6.07, 6.45) is 3.65. The van der Waals surface area contributed by atoms with Crippen molar-refractivity contribution >= 4 is 35.0 Å². The number of hydrogen-bond acceptors (Lipinski definition) is 5. The van der Waals surface area contributed by atoms with Crippen molar-refractivity contribution in [3.63, 3.8) is 0 Å². The standard InChI is InChI=1S/C17H22N2O3.ClH/c1-4-6-10-18-15-12-8-7-9-14(21-3)16(12)19-11-13(15)17(20)22-5-2;/h7-9,11H,4-6,10H2,1-3H3,(H,18,19);1H. The maximum atomic E-state index is 12.2. The molecule has 0 saturated heterocycles. The molecule has 6 heteroatoms. The Morgan fingerprint density at radius 2 is 2.09 bits per heavy atom. The molecule has 0 amide bonds. The first kappa shape index (κ1) is 19.0. The van der Waals surface area contributed by atoms with E-state index in [1.54, 1.807) is 20.2 Å². The van der Waals surface area contributed by atoms with Crippen LogP contribution < -0.4 is 10.1 Å². The zero-order valence-electron chi connectivity index (χ0n) is 13.7. The SMILES string of the molecule is CCCCNc1c(C(=O)OCC)cnc2c(OC)cccc12.Cl. The van der Waals surface area contributed by atoms with Crippen LogP contribution in [0, 0.1) is 0 Å². The Labute approximate surface area is 142 Å². The number of nitrogens with one attached hydrogen (secondary N) is 1. The van der Waals surface area contributed by atoms with Crippen LogP contribution in [-0.2, 0) is 4.74 Å². The Balaban J connectivity index is 0.00000264. The molecule has 1 aromatic carbocycles. The molecule has 2 aromatic rings. The van der Waals surface area contributed by atoms with Gasteiger partial charge in [-0.25, -0.2) is 4.79 Å². The molecule has 0 aliphatic heterocycles. The van der Waals surface area contributed by atoms with E-state index in [1.807, 2.05) is 18.2 Å². The number of methoxy groups -OCH3 is 1. The predicted octanol–water partition coefficient (Wildman–Crippen LogP) is 4.05. The third-order valence-electron chi connectivity index (χ3n) is 3.41. The maximum Gasteiger partial charge on any atom is 0.341 e. The molecule has 1 N–H and O–H groups in total. The first-order valence-corrected chi connectivity index (χ1v) is 7.59. The Morgan fingerprint density at radius 1 is 1.30 bits per heavy atom. The van der Waals surface area contributed by atoms with Gasteiger partial charge < -0.3 is 14.8 Å². The van der Waals surface area contributed by atoms with Crippen molar-refractivity contribution in [3.8, 4) is 5.75 Å². The van der Waals surface area contributed by atoms with Gasteiger partial charge in [-0.3, -0.25) is 4.98 Å². The fourth-order valence-electron chi connectivity index (χ4n) is 2.30. The minimum Gasteiger partial charge on any atom is -0.494 e. The molecule has 1 heterocycles. The zero-order chi connectivity index (χ0) is 15.9. The summed E-state index contributed by atoms with van der Waals surface area (Å²) in [5.74, 6) is 0.324. The second-order valence-corrected chi connectivity index (χ2v) is 4.90. The molecule has 23 heavy (non-hydrogen) atoms. The van der Waals surface area contributed by atoms with E-state index >= 15 is 0 Å². The van der Waals surface area contributed by atoms with Crippen LogP contribution in [0.3, 0.4) is 0 Å². The first-order chi connectivity index (χ1) is 10.7. The number of benzene rings is 1. The summed E-state index contributed by atoms with van der Waals surface area (Å²) in [4.78, 5) is 16.5. The van der Waals surface area contributed by atoms with Gasteiger partial charge in [-0.2, -0.15) is 0 Å². The topological polar surface area (TPSA) is 60.5 Å². The van der Waals surface area contributed by atoms with E-state index in [1.165, 1.54) is 0 Å². The van der Waals surface area contributed by atoms with Gasteiger partial charge in [0.05, 0.1) is 19.4 Å². The molecule has 1 aromatic heterocycles. The second kappa shape index (κ2) is 9.20. The number of anilines is 1. The van der Waals surface area contributed by atoms with Gasteiger partial charge in [0, 0.05) is 18.1 Å². The van der Waals surface area contributed by atoms with Gasteiger partial charge in [0.1, 0.15) is 16.8 Å². The molecule has 0 saturated carbocycles. The number of halogens is 1. The fourth-order valence-corrected chi connectivity index (χ4v) is 2.30. The average Bonchev–Trinajstić information content (AvgIpc) is 2.54. The van der Waals surface area contributed by atoms with Gasteiger partial charge in [0.2, 0.25) is 0 Å². The lowest BCUT2D eigenvalue weighted by Gasteiger charge is -2.15. The zero-order valence-corrected chi connectivity index (χ0v) is 14.5. The predicted molar refractivity (Wildman–Crippen MR) is 94.9 cm³/mol. The highest BCUT2D eigenvalue weighted by atomic mass is 35.5. The van der Waals surface area contributed by atoms with Crippen LogP contribution in [0.1, 0.15) is 37.0 Å². The number of carbonyl (C=O) groups excluding carboxylic acids is 1. The molecular formula is C17H23ClN2O3. The number of unbranched alkanes of at least 4 members (excludes halogenated alkanes) is 1. The third kappa shape index (κ3) is 4.26. The van der Waals surface area contributed by atoms with Crippen molar-refractivity contribution in [2.45, 2.75) is 26.7 Å². The largest absolute Gasteiger partial charge is 0.494 e. The molecule has 0 aliphatic carbocycles. The third-order valence-corrected chi connectivity index (χ3v) is 3.41. The number of hydrogen-bond donors (Lipinski definition) is 1. The quantitative estimate of drug-likeness (QED) is 0.609. The van der Waals surface area contributed by atoms with Gasteiger partial charge in [-0.1, -0.05) is 25.5 Å². The van der Waals surface area contributed by atoms with Crippen molar-refractivity contribution in [1.29, 1.82) is 0 Å². The van der Waals surface area contributed by atoms with Crippen molar-refractivity contribution in [2.75, 3.05) is 25.6 Å².